The van der Waals surface area contributed by atoms with Gasteiger partial charge in [-0.25, -0.2) is 0 Å². The Labute approximate surface area is 85.5 Å². The Kier molecular flexibility index (Phi) is 3.53. The van der Waals surface area contributed by atoms with Crippen LogP contribution in [0.1, 0.15) is 36.1 Å². The molecule has 0 amide bonds. The summed E-state index contributed by atoms with van der Waals surface area (Å²) < 4.78 is 5.32. The summed E-state index contributed by atoms with van der Waals surface area (Å²) in [7, 11) is 1.65. The lowest BCUT2D eigenvalue weighted by atomic mass is 9.99. The van der Waals surface area contributed by atoms with Gasteiger partial charge in [0.1, 0.15) is 5.75 Å². The molecule has 0 aliphatic rings. The molecule has 0 heterocycles. The van der Waals surface area contributed by atoms with Crippen molar-refractivity contribution in [2.75, 3.05) is 7.11 Å². The Hall–Kier alpha value is -1.02. The first-order valence-corrected chi connectivity index (χ1v) is 4.94. The maximum atomic E-state index is 9.78. The zero-order valence-electron chi connectivity index (χ0n) is 9.29. The number of ether oxygens (including phenoxy) is 1. The van der Waals surface area contributed by atoms with Gasteiger partial charge in [-0.2, -0.15) is 0 Å². The Balaban J connectivity index is 3.23. The van der Waals surface area contributed by atoms with E-state index in [9.17, 15) is 5.11 Å². The van der Waals surface area contributed by atoms with Crippen molar-refractivity contribution in [2.45, 2.75) is 33.3 Å². The largest absolute Gasteiger partial charge is 0.496 e. The number of aryl methyl sites for hydroxylation is 1. The van der Waals surface area contributed by atoms with Crippen LogP contribution in [0.4, 0.5) is 0 Å². The van der Waals surface area contributed by atoms with Gasteiger partial charge in [0.25, 0.3) is 0 Å². The highest BCUT2D eigenvalue weighted by atomic mass is 16.5. The molecular weight excluding hydrogens is 176 g/mol. The Morgan fingerprint density at radius 3 is 2.50 bits per heavy atom. The van der Waals surface area contributed by atoms with Crippen LogP contribution in [-0.4, -0.2) is 12.2 Å². The molecule has 2 heteroatoms. The molecule has 1 unspecified atom stereocenters. The summed E-state index contributed by atoms with van der Waals surface area (Å²) in [5, 5.41) is 9.78. The lowest BCUT2D eigenvalue weighted by Crippen LogP contribution is -2.01. The van der Waals surface area contributed by atoms with Gasteiger partial charge in [-0.05, 0) is 31.4 Å². The minimum absolute atomic E-state index is 0.427. The summed E-state index contributed by atoms with van der Waals surface area (Å²) in [4.78, 5) is 0. The normalized spacial score (nSPS) is 12.6. The van der Waals surface area contributed by atoms with E-state index in [1.807, 2.05) is 32.9 Å². The lowest BCUT2D eigenvalue weighted by molar-refractivity contribution is 0.169. The summed E-state index contributed by atoms with van der Waals surface area (Å²) >= 11 is 0. The third-order valence-electron chi connectivity index (χ3n) is 2.66. The topological polar surface area (TPSA) is 29.5 Å². The van der Waals surface area contributed by atoms with Gasteiger partial charge >= 0.3 is 0 Å². The van der Waals surface area contributed by atoms with Crippen molar-refractivity contribution in [1.29, 1.82) is 0 Å². The van der Waals surface area contributed by atoms with Crippen molar-refractivity contribution in [1.82, 2.24) is 0 Å². The van der Waals surface area contributed by atoms with Gasteiger partial charge in [0, 0.05) is 5.56 Å². The molecule has 1 rings (SSSR count). The van der Waals surface area contributed by atoms with Gasteiger partial charge in [-0.3, -0.25) is 0 Å². The molecule has 0 aliphatic heterocycles. The molecule has 14 heavy (non-hydrogen) atoms. The number of benzene rings is 1. The average Bonchev–Trinajstić information content (AvgIpc) is 2.20. The van der Waals surface area contributed by atoms with Gasteiger partial charge in [0.15, 0.2) is 0 Å². The molecule has 0 aromatic heterocycles. The van der Waals surface area contributed by atoms with Crippen molar-refractivity contribution in [3.63, 3.8) is 0 Å². The van der Waals surface area contributed by atoms with E-state index in [4.69, 9.17) is 4.74 Å². The maximum Gasteiger partial charge on any atom is 0.127 e. The Morgan fingerprint density at radius 1 is 1.36 bits per heavy atom. The molecule has 0 bridgehead atoms. The molecule has 0 radical (unpaired) electrons. The summed E-state index contributed by atoms with van der Waals surface area (Å²) in [6.07, 6.45) is 0.281. The summed E-state index contributed by atoms with van der Waals surface area (Å²) in [5.41, 5.74) is 3.18. The minimum atomic E-state index is -0.427. The molecule has 1 atom stereocenters. The first kappa shape index (κ1) is 11.1. The highest BCUT2D eigenvalue weighted by Crippen LogP contribution is 2.31. The van der Waals surface area contributed by atoms with Crippen LogP contribution in [0.3, 0.4) is 0 Å². The molecule has 2 nitrogen and oxygen atoms in total. The third kappa shape index (κ3) is 1.90. The molecule has 1 aromatic rings. The number of hydrogen-bond acceptors (Lipinski definition) is 2. The lowest BCUT2D eigenvalue weighted by Gasteiger charge is -2.16. The van der Waals surface area contributed by atoms with E-state index >= 15 is 0 Å². The van der Waals surface area contributed by atoms with E-state index < -0.39 is 6.10 Å². The molecule has 0 fully saturated rings. The highest BCUT2D eigenvalue weighted by molar-refractivity contribution is 5.46. The molecule has 78 valence electrons. The first-order valence-electron chi connectivity index (χ1n) is 4.94. The monoisotopic (exact) mass is 194 g/mol. The summed E-state index contributed by atoms with van der Waals surface area (Å²) in [5.74, 6) is 0.819. The van der Waals surface area contributed by atoms with Crippen LogP contribution in [0.2, 0.25) is 0 Å². The molecular formula is C12H18O2. The van der Waals surface area contributed by atoms with Gasteiger partial charge in [0.05, 0.1) is 13.2 Å². The van der Waals surface area contributed by atoms with E-state index in [1.165, 1.54) is 5.56 Å². The van der Waals surface area contributed by atoms with Crippen molar-refractivity contribution < 1.29 is 9.84 Å². The maximum absolute atomic E-state index is 9.78. The van der Waals surface area contributed by atoms with Crippen LogP contribution in [0.5, 0.6) is 5.75 Å². The second-order valence-corrected chi connectivity index (χ2v) is 3.55. The number of aliphatic hydroxyl groups is 1. The number of methoxy groups -OCH3 is 1. The fraction of sp³-hybridized carbons (Fsp3) is 0.500. The standard InChI is InChI=1S/C12H18O2/c1-5-11(13)10-7-6-8(2)9(3)12(10)14-4/h6-7,11,13H,5H2,1-4H3. The van der Waals surface area contributed by atoms with E-state index in [2.05, 4.69) is 0 Å². The molecule has 0 saturated heterocycles. The van der Waals surface area contributed by atoms with Crippen LogP contribution in [0, 0.1) is 13.8 Å². The van der Waals surface area contributed by atoms with E-state index in [-0.39, 0.29) is 0 Å². The van der Waals surface area contributed by atoms with E-state index in [0.29, 0.717) is 6.42 Å². The van der Waals surface area contributed by atoms with Crippen molar-refractivity contribution in [3.8, 4) is 5.75 Å². The van der Waals surface area contributed by atoms with Crippen molar-refractivity contribution >= 4 is 0 Å². The van der Waals surface area contributed by atoms with E-state index in [0.717, 1.165) is 16.9 Å². The second kappa shape index (κ2) is 4.47. The Morgan fingerprint density at radius 2 is 2.00 bits per heavy atom. The van der Waals surface area contributed by atoms with Gasteiger partial charge in [-0.1, -0.05) is 19.1 Å². The van der Waals surface area contributed by atoms with Crippen LogP contribution >= 0.6 is 0 Å². The van der Waals surface area contributed by atoms with Gasteiger partial charge in [-0.15, -0.1) is 0 Å². The molecule has 0 saturated carbocycles. The minimum Gasteiger partial charge on any atom is -0.496 e. The zero-order valence-corrected chi connectivity index (χ0v) is 9.29. The highest BCUT2D eigenvalue weighted by Gasteiger charge is 2.14. The SMILES string of the molecule is CCC(O)c1ccc(C)c(C)c1OC. The van der Waals surface area contributed by atoms with Crippen LogP contribution in [0.25, 0.3) is 0 Å². The molecule has 0 aliphatic carbocycles. The predicted octanol–water partition coefficient (Wildman–Crippen LogP) is 2.76. The number of rotatable bonds is 3. The second-order valence-electron chi connectivity index (χ2n) is 3.55. The predicted molar refractivity (Wildman–Crippen MR) is 57.7 cm³/mol. The summed E-state index contributed by atoms with van der Waals surface area (Å²) in [6.45, 7) is 6.01. The quantitative estimate of drug-likeness (QED) is 0.801. The smallest absolute Gasteiger partial charge is 0.127 e. The zero-order chi connectivity index (χ0) is 10.7. The van der Waals surface area contributed by atoms with Gasteiger partial charge in [0.2, 0.25) is 0 Å². The summed E-state index contributed by atoms with van der Waals surface area (Å²) in [6, 6.07) is 3.96. The number of aliphatic hydroxyl groups excluding tert-OH is 1. The number of hydrogen-bond donors (Lipinski definition) is 1. The fourth-order valence-electron chi connectivity index (χ4n) is 1.56. The van der Waals surface area contributed by atoms with Crippen molar-refractivity contribution in [2.24, 2.45) is 0 Å². The van der Waals surface area contributed by atoms with Crippen molar-refractivity contribution in [3.05, 3.63) is 28.8 Å². The average molecular weight is 194 g/mol. The van der Waals surface area contributed by atoms with E-state index in [1.54, 1.807) is 7.11 Å². The first-order chi connectivity index (χ1) is 6.61. The molecule has 1 aromatic carbocycles. The van der Waals surface area contributed by atoms with Gasteiger partial charge < -0.3 is 9.84 Å². The van der Waals surface area contributed by atoms with Crippen LogP contribution in [0.15, 0.2) is 12.1 Å². The Bertz CT molecular complexity index is 318. The molecule has 0 spiro atoms. The van der Waals surface area contributed by atoms with Crippen LogP contribution < -0.4 is 4.74 Å². The third-order valence-corrected chi connectivity index (χ3v) is 2.66. The molecule has 1 N–H and O–H groups in total. The fourth-order valence-corrected chi connectivity index (χ4v) is 1.56. The van der Waals surface area contributed by atoms with Crippen LogP contribution in [-0.2, 0) is 0 Å².